The van der Waals surface area contributed by atoms with E-state index < -0.39 is 23.0 Å². The SMILES string of the molecule is Nc1ccc(S(=O)(=O)NCC(F)F)c(Cl)c1. The molecular formula is C8H9ClF2N2O2S. The average molecular weight is 271 g/mol. The van der Waals surface area contributed by atoms with Gasteiger partial charge in [0.1, 0.15) is 4.90 Å². The normalized spacial score (nSPS) is 12.0. The molecule has 0 unspecified atom stereocenters. The lowest BCUT2D eigenvalue weighted by Gasteiger charge is -2.08. The Morgan fingerprint density at radius 3 is 2.56 bits per heavy atom. The topological polar surface area (TPSA) is 72.2 Å². The lowest BCUT2D eigenvalue weighted by molar-refractivity contribution is 0.153. The highest BCUT2D eigenvalue weighted by molar-refractivity contribution is 7.89. The number of hydrogen-bond donors (Lipinski definition) is 2. The molecule has 0 saturated heterocycles. The summed E-state index contributed by atoms with van der Waals surface area (Å²) in [5, 5.41) is -0.109. The highest BCUT2D eigenvalue weighted by Gasteiger charge is 2.19. The largest absolute Gasteiger partial charge is 0.399 e. The van der Waals surface area contributed by atoms with Gasteiger partial charge in [0.05, 0.1) is 11.6 Å². The van der Waals surface area contributed by atoms with Crippen molar-refractivity contribution < 1.29 is 17.2 Å². The van der Waals surface area contributed by atoms with Crippen molar-refractivity contribution in [3.05, 3.63) is 23.2 Å². The number of benzene rings is 1. The summed E-state index contributed by atoms with van der Waals surface area (Å²) >= 11 is 5.64. The van der Waals surface area contributed by atoms with Gasteiger partial charge >= 0.3 is 0 Å². The van der Waals surface area contributed by atoms with Gasteiger partial charge in [0, 0.05) is 5.69 Å². The zero-order valence-electron chi connectivity index (χ0n) is 7.95. The Labute approximate surface area is 96.4 Å². The maximum atomic E-state index is 11.9. The van der Waals surface area contributed by atoms with Gasteiger partial charge in [0.25, 0.3) is 6.43 Å². The van der Waals surface area contributed by atoms with Crippen LogP contribution in [0.15, 0.2) is 23.1 Å². The van der Waals surface area contributed by atoms with Gasteiger partial charge < -0.3 is 5.73 Å². The first-order valence-corrected chi connectivity index (χ1v) is 6.02. The molecule has 0 aliphatic heterocycles. The molecule has 90 valence electrons. The van der Waals surface area contributed by atoms with Crippen LogP contribution in [0.1, 0.15) is 0 Å². The van der Waals surface area contributed by atoms with Crippen LogP contribution in [0.5, 0.6) is 0 Å². The molecule has 8 heteroatoms. The van der Waals surface area contributed by atoms with Crippen molar-refractivity contribution in [2.75, 3.05) is 12.3 Å². The van der Waals surface area contributed by atoms with Crippen molar-refractivity contribution in [3.63, 3.8) is 0 Å². The molecular weight excluding hydrogens is 262 g/mol. The van der Waals surface area contributed by atoms with E-state index in [0.29, 0.717) is 0 Å². The van der Waals surface area contributed by atoms with Gasteiger partial charge in [0.15, 0.2) is 0 Å². The van der Waals surface area contributed by atoms with E-state index in [1.54, 1.807) is 4.72 Å². The molecule has 0 bridgehead atoms. The third-order valence-electron chi connectivity index (χ3n) is 1.67. The highest BCUT2D eigenvalue weighted by Crippen LogP contribution is 2.23. The molecule has 0 saturated carbocycles. The third-order valence-corrected chi connectivity index (χ3v) is 3.58. The summed E-state index contributed by atoms with van der Waals surface area (Å²) in [5.74, 6) is 0. The van der Waals surface area contributed by atoms with E-state index >= 15 is 0 Å². The van der Waals surface area contributed by atoms with Crippen LogP contribution in [-0.4, -0.2) is 21.4 Å². The van der Waals surface area contributed by atoms with Crippen LogP contribution in [0.2, 0.25) is 5.02 Å². The van der Waals surface area contributed by atoms with Gasteiger partial charge in [0.2, 0.25) is 10.0 Å². The summed E-state index contributed by atoms with van der Waals surface area (Å²) in [4.78, 5) is -0.274. The Kier molecular flexibility index (Phi) is 4.06. The van der Waals surface area contributed by atoms with Crippen LogP contribution < -0.4 is 10.5 Å². The van der Waals surface area contributed by atoms with Crippen molar-refractivity contribution in [2.24, 2.45) is 0 Å². The van der Waals surface area contributed by atoms with Crippen molar-refractivity contribution in [2.45, 2.75) is 11.3 Å². The van der Waals surface area contributed by atoms with Crippen LogP contribution in [0.25, 0.3) is 0 Å². The quantitative estimate of drug-likeness (QED) is 0.814. The summed E-state index contributed by atoms with van der Waals surface area (Å²) < 4.78 is 48.5. The van der Waals surface area contributed by atoms with E-state index in [2.05, 4.69) is 0 Å². The summed E-state index contributed by atoms with van der Waals surface area (Å²) in [6.07, 6.45) is -2.76. The number of nitrogens with two attached hydrogens (primary N) is 1. The van der Waals surface area contributed by atoms with Crippen LogP contribution in [0.3, 0.4) is 0 Å². The van der Waals surface area contributed by atoms with Gasteiger partial charge in [-0.3, -0.25) is 0 Å². The fourth-order valence-corrected chi connectivity index (χ4v) is 2.54. The number of alkyl halides is 2. The van der Waals surface area contributed by atoms with Crippen LogP contribution >= 0.6 is 11.6 Å². The number of halogens is 3. The molecule has 4 nitrogen and oxygen atoms in total. The maximum absolute atomic E-state index is 11.9. The van der Waals surface area contributed by atoms with Crippen molar-refractivity contribution in [3.8, 4) is 0 Å². The minimum absolute atomic E-state index is 0.109. The smallest absolute Gasteiger partial charge is 0.251 e. The Morgan fingerprint density at radius 1 is 1.44 bits per heavy atom. The molecule has 0 spiro atoms. The Bertz CT molecular complexity index is 479. The van der Waals surface area contributed by atoms with E-state index in [1.165, 1.54) is 12.1 Å². The van der Waals surface area contributed by atoms with Gasteiger partial charge in [-0.2, -0.15) is 0 Å². The molecule has 0 heterocycles. The van der Waals surface area contributed by atoms with Gasteiger partial charge in [-0.05, 0) is 18.2 Å². The van der Waals surface area contributed by atoms with Crippen LogP contribution in [-0.2, 0) is 10.0 Å². The first-order chi connectivity index (χ1) is 7.33. The minimum atomic E-state index is -4.02. The summed E-state index contributed by atoms with van der Waals surface area (Å²) in [7, 11) is -4.02. The lowest BCUT2D eigenvalue weighted by Crippen LogP contribution is -2.28. The first-order valence-electron chi connectivity index (χ1n) is 4.16. The van der Waals surface area contributed by atoms with Crippen molar-refractivity contribution >= 4 is 27.3 Å². The predicted octanol–water partition coefficient (Wildman–Crippen LogP) is 1.47. The summed E-state index contributed by atoms with van der Waals surface area (Å²) in [6.45, 7) is -0.955. The minimum Gasteiger partial charge on any atom is -0.399 e. The summed E-state index contributed by atoms with van der Waals surface area (Å²) in [6, 6.07) is 3.72. The number of nitrogen functional groups attached to an aromatic ring is 1. The molecule has 1 aromatic carbocycles. The molecule has 0 aliphatic rings. The zero-order chi connectivity index (χ0) is 12.3. The third kappa shape index (κ3) is 3.29. The summed E-state index contributed by atoms with van der Waals surface area (Å²) in [5.41, 5.74) is 5.66. The molecule has 1 rings (SSSR count). The molecule has 0 amide bonds. The van der Waals surface area contributed by atoms with Crippen LogP contribution in [0.4, 0.5) is 14.5 Å². The number of nitrogens with one attached hydrogen (secondary N) is 1. The molecule has 0 radical (unpaired) electrons. The molecule has 3 N–H and O–H groups in total. The number of sulfonamides is 1. The first kappa shape index (κ1) is 13.1. The highest BCUT2D eigenvalue weighted by atomic mass is 35.5. The Morgan fingerprint density at radius 2 is 2.06 bits per heavy atom. The van der Waals surface area contributed by atoms with E-state index in [1.807, 2.05) is 0 Å². The van der Waals surface area contributed by atoms with Gasteiger partial charge in [-0.1, -0.05) is 11.6 Å². The van der Waals surface area contributed by atoms with E-state index in [-0.39, 0.29) is 15.6 Å². The second-order valence-corrected chi connectivity index (χ2v) is 5.08. The number of anilines is 1. The van der Waals surface area contributed by atoms with Gasteiger partial charge in [-0.25, -0.2) is 21.9 Å². The van der Waals surface area contributed by atoms with E-state index in [4.69, 9.17) is 17.3 Å². The van der Waals surface area contributed by atoms with Gasteiger partial charge in [-0.15, -0.1) is 0 Å². The fourth-order valence-electron chi connectivity index (χ4n) is 0.985. The molecule has 0 fully saturated rings. The molecule has 16 heavy (non-hydrogen) atoms. The average Bonchev–Trinajstić information content (AvgIpc) is 2.14. The second-order valence-electron chi connectivity index (χ2n) is 2.93. The monoisotopic (exact) mass is 270 g/mol. The Balaban J connectivity index is 2.99. The van der Waals surface area contributed by atoms with E-state index in [9.17, 15) is 17.2 Å². The van der Waals surface area contributed by atoms with Crippen molar-refractivity contribution in [1.29, 1.82) is 0 Å². The number of hydrogen-bond acceptors (Lipinski definition) is 3. The Hall–Kier alpha value is -0.920. The maximum Gasteiger partial charge on any atom is 0.251 e. The standard InChI is InChI=1S/C8H9ClF2N2O2S/c9-6-3-5(12)1-2-7(6)16(14,15)13-4-8(10)11/h1-3,8,13H,4,12H2. The van der Waals surface area contributed by atoms with E-state index in [0.717, 1.165) is 6.07 Å². The lowest BCUT2D eigenvalue weighted by atomic mass is 10.3. The second kappa shape index (κ2) is 4.94. The zero-order valence-corrected chi connectivity index (χ0v) is 9.52. The fraction of sp³-hybridized carbons (Fsp3) is 0.250. The van der Waals surface area contributed by atoms with Crippen LogP contribution in [0, 0.1) is 0 Å². The number of rotatable bonds is 4. The predicted molar refractivity (Wildman–Crippen MR) is 57.1 cm³/mol. The molecule has 0 atom stereocenters. The molecule has 0 aromatic heterocycles. The molecule has 1 aromatic rings. The molecule has 0 aliphatic carbocycles. The van der Waals surface area contributed by atoms with Crippen molar-refractivity contribution in [1.82, 2.24) is 4.72 Å².